The molecule has 0 fully saturated rings. The van der Waals surface area contributed by atoms with Crippen molar-refractivity contribution in [2.75, 3.05) is 0 Å². The zero-order valence-corrected chi connectivity index (χ0v) is 13.8. The summed E-state index contributed by atoms with van der Waals surface area (Å²) in [5.41, 5.74) is 2.56. The summed E-state index contributed by atoms with van der Waals surface area (Å²) in [6.07, 6.45) is 1.05. The Hall–Kier alpha value is -2.75. The Morgan fingerprint density at radius 2 is 1.62 bits per heavy atom. The molecule has 3 amide bonds. The molecule has 2 aromatic rings. The van der Waals surface area contributed by atoms with Crippen LogP contribution in [0, 0.1) is 0 Å². The van der Waals surface area contributed by atoms with E-state index < -0.39 is 17.7 Å². The maximum absolute atomic E-state index is 12.5. The topological polar surface area (TPSA) is 54.5 Å². The molecule has 3 rings (SSSR count). The van der Waals surface area contributed by atoms with Crippen molar-refractivity contribution in [2.24, 2.45) is 0 Å². The average Bonchev–Trinajstić information content (AvgIpc) is 2.86. The molecule has 0 aromatic heterocycles. The van der Waals surface area contributed by atoms with E-state index in [1.165, 1.54) is 0 Å². The Kier molecular flexibility index (Phi) is 4.30. The van der Waals surface area contributed by atoms with Crippen molar-refractivity contribution in [3.8, 4) is 0 Å². The van der Waals surface area contributed by atoms with Crippen LogP contribution in [0.15, 0.2) is 48.5 Å². The fourth-order valence-electron chi connectivity index (χ4n) is 2.91. The summed E-state index contributed by atoms with van der Waals surface area (Å²) in [4.78, 5) is 38.0. The number of benzene rings is 2. The minimum Gasteiger partial charge on any atom is -0.274 e. The number of imide groups is 3. The molecule has 1 aliphatic heterocycles. The molecule has 1 atom stereocenters. The van der Waals surface area contributed by atoms with Crippen molar-refractivity contribution in [1.82, 2.24) is 4.90 Å². The van der Waals surface area contributed by atoms with Gasteiger partial charge >= 0.3 is 0 Å². The summed E-state index contributed by atoms with van der Waals surface area (Å²) in [6, 6.07) is 14.3. The van der Waals surface area contributed by atoms with Crippen molar-refractivity contribution in [3.05, 3.63) is 70.8 Å². The van der Waals surface area contributed by atoms with Gasteiger partial charge in [-0.2, -0.15) is 0 Å². The highest BCUT2D eigenvalue weighted by Gasteiger charge is 2.39. The van der Waals surface area contributed by atoms with Gasteiger partial charge in [0.1, 0.15) is 0 Å². The first kappa shape index (κ1) is 16.1. The summed E-state index contributed by atoms with van der Waals surface area (Å²) in [6.45, 7) is 4.24. The van der Waals surface area contributed by atoms with Gasteiger partial charge < -0.3 is 0 Å². The largest absolute Gasteiger partial charge is 0.274 e. The molecule has 0 radical (unpaired) electrons. The fraction of sp³-hybridized carbons (Fsp3) is 0.250. The Labute approximate surface area is 141 Å². The number of hydrogen-bond donors (Lipinski definition) is 0. The van der Waals surface area contributed by atoms with Crippen LogP contribution in [-0.4, -0.2) is 22.6 Å². The molecule has 122 valence electrons. The molecule has 1 unspecified atom stereocenters. The van der Waals surface area contributed by atoms with Crippen molar-refractivity contribution in [1.29, 1.82) is 0 Å². The van der Waals surface area contributed by atoms with E-state index in [1.807, 2.05) is 24.3 Å². The highest BCUT2D eigenvalue weighted by molar-refractivity contribution is 6.29. The SMILES string of the molecule is CCC(C)c1cccc(CC(=O)N2C(=O)c3ccccc3C2=O)c1. The fourth-order valence-corrected chi connectivity index (χ4v) is 2.91. The number of fused-ring (bicyclic) bond motifs is 1. The molecular weight excluding hydrogens is 302 g/mol. The lowest BCUT2D eigenvalue weighted by Gasteiger charge is -2.14. The number of amides is 3. The molecule has 0 saturated carbocycles. The third kappa shape index (κ3) is 2.75. The van der Waals surface area contributed by atoms with E-state index >= 15 is 0 Å². The zero-order chi connectivity index (χ0) is 17.3. The maximum Gasteiger partial charge on any atom is 0.268 e. The first-order valence-corrected chi connectivity index (χ1v) is 8.12. The third-order valence-electron chi connectivity index (χ3n) is 4.53. The van der Waals surface area contributed by atoms with Crippen LogP contribution in [0.1, 0.15) is 58.0 Å². The predicted molar refractivity (Wildman–Crippen MR) is 90.8 cm³/mol. The third-order valence-corrected chi connectivity index (χ3v) is 4.53. The van der Waals surface area contributed by atoms with E-state index in [0.717, 1.165) is 22.4 Å². The van der Waals surface area contributed by atoms with Gasteiger partial charge in [-0.25, -0.2) is 4.90 Å². The molecule has 4 heteroatoms. The van der Waals surface area contributed by atoms with Crippen LogP contribution < -0.4 is 0 Å². The normalized spacial score (nSPS) is 14.7. The van der Waals surface area contributed by atoms with Crippen molar-refractivity contribution in [3.63, 3.8) is 0 Å². The van der Waals surface area contributed by atoms with Gasteiger partial charge in [0.2, 0.25) is 5.91 Å². The lowest BCUT2D eigenvalue weighted by molar-refractivity contribution is -0.125. The van der Waals surface area contributed by atoms with E-state index in [0.29, 0.717) is 17.0 Å². The Morgan fingerprint density at radius 1 is 1.00 bits per heavy atom. The van der Waals surface area contributed by atoms with Crippen LogP contribution in [0.3, 0.4) is 0 Å². The molecule has 24 heavy (non-hydrogen) atoms. The highest BCUT2D eigenvalue weighted by Crippen LogP contribution is 2.24. The van der Waals surface area contributed by atoms with E-state index in [9.17, 15) is 14.4 Å². The van der Waals surface area contributed by atoms with Crippen molar-refractivity contribution >= 4 is 17.7 Å². The van der Waals surface area contributed by atoms with Gasteiger partial charge in [0.25, 0.3) is 11.8 Å². The molecular formula is C20H19NO3. The van der Waals surface area contributed by atoms with Crippen LogP contribution >= 0.6 is 0 Å². The summed E-state index contributed by atoms with van der Waals surface area (Å²) in [7, 11) is 0. The number of carbonyl (C=O) groups is 3. The Morgan fingerprint density at radius 3 is 2.21 bits per heavy atom. The molecule has 1 aliphatic rings. The molecule has 0 spiro atoms. The van der Waals surface area contributed by atoms with Gasteiger partial charge in [-0.1, -0.05) is 50.2 Å². The van der Waals surface area contributed by atoms with E-state index in [-0.39, 0.29) is 6.42 Å². The average molecular weight is 321 g/mol. The first-order chi connectivity index (χ1) is 11.5. The van der Waals surface area contributed by atoms with Crippen LogP contribution in [-0.2, 0) is 11.2 Å². The van der Waals surface area contributed by atoms with Crippen LogP contribution in [0.5, 0.6) is 0 Å². The van der Waals surface area contributed by atoms with Crippen molar-refractivity contribution < 1.29 is 14.4 Å². The Balaban J connectivity index is 1.82. The Bertz CT molecular complexity index is 790. The molecule has 0 saturated heterocycles. The first-order valence-electron chi connectivity index (χ1n) is 8.12. The molecule has 1 heterocycles. The summed E-state index contributed by atoms with van der Waals surface area (Å²) < 4.78 is 0. The van der Waals surface area contributed by atoms with E-state index in [4.69, 9.17) is 0 Å². The number of nitrogens with zero attached hydrogens (tertiary/aromatic N) is 1. The van der Waals surface area contributed by atoms with Gasteiger partial charge in [0.05, 0.1) is 17.5 Å². The highest BCUT2D eigenvalue weighted by atomic mass is 16.2. The summed E-state index contributed by atoms with van der Waals surface area (Å²) >= 11 is 0. The molecule has 0 N–H and O–H groups in total. The quantitative estimate of drug-likeness (QED) is 0.809. The smallest absolute Gasteiger partial charge is 0.268 e. The monoisotopic (exact) mass is 321 g/mol. The zero-order valence-electron chi connectivity index (χ0n) is 13.8. The lowest BCUT2D eigenvalue weighted by Crippen LogP contribution is -2.37. The minimum atomic E-state index is -0.529. The van der Waals surface area contributed by atoms with Crippen LogP contribution in [0.25, 0.3) is 0 Å². The van der Waals surface area contributed by atoms with Crippen LogP contribution in [0.2, 0.25) is 0 Å². The van der Waals surface area contributed by atoms with Gasteiger partial charge in [-0.15, -0.1) is 0 Å². The summed E-state index contributed by atoms with van der Waals surface area (Å²) in [5.74, 6) is -1.14. The molecule has 0 bridgehead atoms. The minimum absolute atomic E-state index is 0.0374. The molecule has 4 nitrogen and oxygen atoms in total. The van der Waals surface area contributed by atoms with Crippen LogP contribution in [0.4, 0.5) is 0 Å². The lowest BCUT2D eigenvalue weighted by atomic mass is 9.96. The number of hydrogen-bond acceptors (Lipinski definition) is 3. The number of carbonyl (C=O) groups excluding carboxylic acids is 3. The van der Waals surface area contributed by atoms with Gasteiger partial charge in [-0.3, -0.25) is 14.4 Å². The second kappa shape index (κ2) is 6.40. The molecule has 2 aromatic carbocycles. The second-order valence-corrected chi connectivity index (χ2v) is 6.12. The molecule has 0 aliphatic carbocycles. The number of rotatable bonds is 4. The van der Waals surface area contributed by atoms with Crippen molar-refractivity contribution in [2.45, 2.75) is 32.6 Å². The van der Waals surface area contributed by atoms with Gasteiger partial charge in [0.15, 0.2) is 0 Å². The summed E-state index contributed by atoms with van der Waals surface area (Å²) in [5, 5.41) is 0. The maximum atomic E-state index is 12.5. The second-order valence-electron chi connectivity index (χ2n) is 6.12. The predicted octanol–water partition coefficient (Wildman–Crippen LogP) is 3.57. The van der Waals surface area contributed by atoms with E-state index in [2.05, 4.69) is 13.8 Å². The standard InChI is InChI=1S/C20H19NO3/c1-3-13(2)15-8-6-7-14(11-15)12-18(22)21-19(23)16-9-4-5-10-17(16)20(21)24/h4-11,13H,3,12H2,1-2H3. The van der Waals surface area contributed by atoms with Gasteiger partial charge in [0, 0.05) is 0 Å². The van der Waals surface area contributed by atoms with Gasteiger partial charge in [-0.05, 0) is 35.6 Å². The van der Waals surface area contributed by atoms with E-state index in [1.54, 1.807) is 24.3 Å².